The zero-order valence-electron chi connectivity index (χ0n) is 12.1. The second-order valence-corrected chi connectivity index (χ2v) is 5.88. The molecule has 2 aromatic carbocycles. The first-order chi connectivity index (χ1) is 11.3. The highest BCUT2D eigenvalue weighted by atomic mass is 35.5. The highest BCUT2D eigenvalue weighted by molar-refractivity contribution is 6.30. The van der Waals surface area contributed by atoms with Crippen molar-refractivity contribution in [1.29, 1.82) is 0 Å². The van der Waals surface area contributed by atoms with E-state index in [2.05, 4.69) is 9.97 Å². The standard InChI is InChI=1S/C17H14ClN3O2/c18-12-3-1-11(2-4-12)16-9-23-17(8-22)21(16)13-5-6-14-15(7-13)20-10-19-14/h1-8,10,16-17H,9H2,(H,19,20)/t16-,17?/m1/s1. The first-order valence-corrected chi connectivity index (χ1v) is 7.68. The molecule has 116 valence electrons. The van der Waals surface area contributed by atoms with E-state index in [0.29, 0.717) is 11.6 Å². The van der Waals surface area contributed by atoms with Gasteiger partial charge in [-0.2, -0.15) is 0 Å². The third-order valence-corrected chi connectivity index (χ3v) is 4.36. The van der Waals surface area contributed by atoms with E-state index < -0.39 is 6.23 Å². The number of aromatic amines is 1. The fraction of sp³-hybridized carbons (Fsp3) is 0.176. The van der Waals surface area contributed by atoms with Gasteiger partial charge in [-0.3, -0.25) is 4.79 Å². The molecule has 2 heterocycles. The maximum absolute atomic E-state index is 11.4. The van der Waals surface area contributed by atoms with Crippen LogP contribution in [0.5, 0.6) is 0 Å². The van der Waals surface area contributed by atoms with Gasteiger partial charge < -0.3 is 14.6 Å². The van der Waals surface area contributed by atoms with Gasteiger partial charge in [0, 0.05) is 10.7 Å². The predicted molar refractivity (Wildman–Crippen MR) is 88.6 cm³/mol. The number of ether oxygens (including phenoxy) is 1. The Balaban J connectivity index is 1.77. The number of nitrogens with zero attached hydrogens (tertiary/aromatic N) is 2. The number of rotatable bonds is 3. The molecule has 6 heteroatoms. The van der Waals surface area contributed by atoms with Crippen molar-refractivity contribution in [2.24, 2.45) is 0 Å². The number of anilines is 1. The van der Waals surface area contributed by atoms with E-state index in [1.807, 2.05) is 47.4 Å². The highest BCUT2D eigenvalue weighted by Crippen LogP contribution is 2.36. The van der Waals surface area contributed by atoms with Gasteiger partial charge in [0.25, 0.3) is 0 Å². The minimum absolute atomic E-state index is 0.0390. The van der Waals surface area contributed by atoms with Crippen molar-refractivity contribution in [3.8, 4) is 0 Å². The van der Waals surface area contributed by atoms with E-state index >= 15 is 0 Å². The molecule has 1 N–H and O–H groups in total. The van der Waals surface area contributed by atoms with E-state index in [9.17, 15) is 4.79 Å². The monoisotopic (exact) mass is 327 g/mol. The van der Waals surface area contributed by atoms with Crippen molar-refractivity contribution in [2.45, 2.75) is 12.3 Å². The van der Waals surface area contributed by atoms with Gasteiger partial charge >= 0.3 is 0 Å². The molecule has 1 fully saturated rings. The number of benzene rings is 2. The van der Waals surface area contributed by atoms with Crippen molar-refractivity contribution in [3.63, 3.8) is 0 Å². The van der Waals surface area contributed by atoms with Crippen LogP contribution in [0.2, 0.25) is 5.02 Å². The van der Waals surface area contributed by atoms with Crippen LogP contribution in [0.4, 0.5) is 5.69 Å². The van der Waals surface area contributed by atoms with Crippen LogP contribution in [0.1, 0.15) is 11.6 Å². The molecule has 3 aromatic rings. The van der Waals surface area contributed by atoms with Gasteiger partial charge in [0.05, 0.1) is 30.0 Å². The van der Waals surface area contributed by atoms with Crippen LogP contribution < -0.4 is 4.90 Å². The molecule has 0 aliphatic carbocycles. The van der Waals surface area contributed by atoms with Gasteiger partial charge in [-0.15, -0.1) is 0 Å². The summed E-state index contributed by atoms with van der Waals surface area (Å²) in [5, 5.41) is 0.685. The van der Waals surface area contributed by atoms with Crippen LogP contribution >= 0.6 is 11.6 Å². The average Bonchev–Trinajstić information content (AvgIpc) is 3.21. The second kappa shape index (κ2) is 5.68. The second-order valence-electron chi connectivity index (χ2n) is 5.44. The van der Waals surface area contributed by atoms with Crippen LogP contribution in [-0.2, 0) is 9.53 Å². The number of halogens is 1. The van der Waals surface area contributed by atoms with Crippen molar-refractivity contribution in [3.05, 3.63) is 59.4 Å². The van der Waals surface area contributed by atoms with Crippen molar-refractivity contribution >= 4 is 34.6 Å². The third-order valence-electron chi connectivity index (χ3n) is 4.11. The molecule has 4 rings (SSSR count). The van der Waals surface area contributed by atoms with E-state index in [1.54, 1.807) is 6.33 Å². The summed E-state index contributed by atoms with van der Waals surface area (Å²) < 4.78 is 5.66. The summed E-state index contributed by atoms with van der Waals surface area (Å²) in [5.41, 5.74) is 3.79. The predicted octanol–water partition coefficient (Wildman–Crippen LogP) is 3.32. The zero-order chi connectivity index (χ0) is 15.8. The number of carbonyl (C=O) groups is 1. The summed E-state index contributed by atoms with van der Waals surface area (Å²) in [6.45, 7) is 0.450. The van der Waals surface area contributed by atoms with Crippen LogP contribution in [0.15, 0.2) is 48.8 Å². The minimum atomic E-state index is -0.601. The number of fused-ring (bicyclic) bond motifs is 1. The SMILES string of the molecule is O=CC1OC[C@H](c2ccc(Cl)cc2)N1c1ccc2nc[nH]c2c1. The minimum Gasteiger partial charge on any atom is -0.349 e. The quantitative estimate of drug-likeness (QED) is 0.750. The van der Waals surface area contributed by atoms with E-state index in [4.69, 9.17) is 16.3 Å². The van der Waals surface area contributed by atoms with Crippen LogP contribution in [0.3, 0.4) is 0 Å². The molecule has 5 nitrogen and oxygen atoms in total. The molecule has 0 radical (unpaired) electrons. The topological polar surface area (TPSA) is 58.2 Å². The number of H-pyrrole nitrogens is 1. The summed E-state index contributed by atoms with van der Waals surface area (Å²) >= 11 is 5.97. The fourth-order valence-electron chi connectivity index (χ4n) is 2.99. The lowest BCUT2D eigenvalue weighted by molar-refractivity contribution is -0.115. The molecule has 2 atom stereocenters. The van der Waals surface area contributed by atoms with E-state index in [0.717, 1.165) is 28.6 Å². The normalized spacial score (nSPS) is 21.0. The Morgan fingerprint density at radius 1 is 1.26 bits per heavy atom. The average molecular weight is 328 g/mol. The number of carbonyl (C=O) groups excluding carboxylic acids is 1. The van der Waals surface area contributed by atoms with Crippen molar-refractivity contribution < 1.29 is 9.53 Å². The lowest BCUT2D eigenvalue weighted by atomic mass is 10.1. The van der Waals surface area contributed by atoms with Gasteiger partial charge in [-0.05, 0) is 35.9 Å². The van der Waals surface area contributed by atoms with Crippen molar-refractivity contribution in [1.82, 2.24) is 9.97 Å². The smallest absolute Gasteiger partial charge is 0.187 e. The lowest BCUT2D eigenvalue weighted by Crippen LogP contribution is -2.33. The van der Waals surface area contributed by atoms with Gasteiger partial charge in [-0.1, -0.05) is 23.7 Å². The Bertz CT molecular complexity index is 846. The molecule has 1 unspecified atom stereocenters. The summed E-state index contributed by atoms with van der Waals surface area (Å²) in [6.07, 6.45) is 1.88. The number of aromatic nitrogens is 2. The Hall–Kier alpha value is -2.37. The molecule has 23 heavy (non-hydrogen) atoms. The first kappa shape index (κ1) is 14.2. The Morgan fingerprint density at radius 3 is 2.87 bits per heavy atom. The molecule has 0 saturated carbocycles. The molecular weight excluding hydrogens is 314 g/mol. The Kier molecular flexibility index (Phi) is 3.52. The van der Waals surface area contributed by atoms with E-state index in [-0.39, 0.29) is 6.04 Å². The molecule has 1 aliphatic heterocycles. The fourth-order valence-corrected chi connectivity index (χ4v) is 3.11. The molecule has 1 aliphatic rings. The van der Waals surface area contributed by atoms with Gasteiger partial charge in [0.2, 0.25) is 0 Å². The lowest BCUT2D eigenvalue weighted by Gasteiger charge is -2.28. The maximum atomic E-state index is 11.4. The first-order valence-electron chi connectivity index (χ1n) is 7.30. The maximum Gasteiger partial charge on any atom is 0.187 e. The molecule has 1 saturated heterocycles. The number of imidazole rings is 1. The summed E-state index contributed by atoms with van der Waals surface area (Å²) in [7, 11) is 0. The highest BCUT2D eigenvalue weighted by Gasteiger charge is 2.35. The van der Waals surface area contributed by atoms with Gasteiger partial charge in [0.15, 0.2) is 12.5 Å². The molecular formula is C17H14ClN3O2. The summed E-state index contributed by atoms with van der Waals surface area (Å²) in [6, 6.07) is 13.5. The summed E-state index contributed by atoms with van der Waals surface area (Å²) in [4.78, 5) is 20.7. The Morgan fingerprint density at radius 2 is 2.09 bits per heavy atom. The molecule has 0 bridgehead atoms. The van der Waals surface area contributed by atoms with Gasteiger partial charge in [0.1, 0.15) is 0 Å². The Labute approximate surface area is 137 Å². The van der Waals surface area contributed by atoms with Crippen LogP contribution in [-0.4, -0.2) is 29.1 Å². The molecule has 1 aromatic heterocycles. The summed E-state index contributed by atoms with van der Waals surface area (Å²) in [5.74, 6) is 0. The zero-order valence-corrected chi connectivity index (χ0v) is 12.9. The number of aldehydes is 1. The number of nitrogens with one attached hydrogen (secondary N) is 1. The van der Waals surface area contributed by atoms with Crippen molar-refractivity contribution in [2.75, 3.05) is 11.5 Å². The molecule has 0 spiro atoms. The van der Waals surface area contributed by atoms with Gasteiger partial charge in [-0.25, -0.2) is 4.98 Å². The van der Waals surface area contributed by atoms with E-state index in [1.165, 1.54) is 0 Å². The van der Waals surface area contributed by atoms with Crippen LogP contribution in [0.25, 0.3) is 11.0 Å². The third kappa shape index (κ3) is 2.48. The van der Waals surface area contributed by atoms with Crippen LogP contribution in [0, 0.1) is 0 Å². The largest absolute Gasteiger partial charge is 0.349 e. The molecule has 0 amide bonds. The number of hydrogen-bond acceptors (Lipinski definition) is 4. The number of hydrogen-bond donors (Lipinski definition) is 1.